The van der Waals surface area contributed by atoms with Gasteiger partial charge in [-0.05, 0) is 36.2 Å². The van der Waals surface area contributed by atoms with Crippen LogP contribution in [0.5, 0.6) is 5.75 Å². The number of alkyl halides is 3. The minimum atomic E-state index is -4.75. The molecule has 6 nitrogen and oxygen atoms in total. The maximum Gasteiger partial charge on any atom is 0.573 e. The predicted molar refractivity (Wildman–Crippen MR) is 120 cm³/mol. The molecular weight excluding hydrogens is 447 g/mol. The lowest BCUT2D eigenvalue weighted by Crippen LogP contribution is -2.43. The van der Waals surface area contributed by atoms with Crippen LogP contribution in [-0.4, -0.2) is 35.4 Å². The van der Waals surface area contributed by atoms with Crippen molar-refractivity contribution in [2.24, 2.45) is 0 Å². The number of carbonyl (C=O) groups excluding carboxylic acids is 1. The number of aryl methyl sites for hydroxylation is 1. The van der Waals surface area contributed by atoms with E-state index in [4.69, 9.17) is 4.74 Å². The lowest BCUT2D eigenvalue weighted by Gasteiger charge is -2.36. The van der Waals surface area contributed by atoms with Gasteiger partial charge in [-0.15, -0.1) is 13.2 Å². The number of ether oxygens (including phenoxy) is 2. The van der Waals surface area contributed by atoms with Crippen LogP contribution in [0.15, 0.2) is 67.0 Å². The molecule has 34 heavy (non-hydrogen) atoms. The summed E-state index contributed by atoms with van der Waals surface area (Å²) in [7, 11) is 0. The molecule has 0 aliphatic carbocycles. The number of hydrogen-bond donors (Lipinski definition) is 1. The number of hydrogen-bond acceptors (Lipinski definition) is 5. The molecule has 2 aromatic carbocycles. The third kappa shape index (κ3) is 6.05. The van der Waals surface area contributed by atoms with Crippen molar-refractivity contribution in [3.8, 4) is 5.75 Å². The molecular formula is C25H24F3N3O3. The quantitative estimate of drug-likeness (QED) is 0.526. The topological polar surface area (TPSA) is 63.7 Å². The number of aromatic nitrogens is 1. The van der Waals surface area contributed by atoms with Gasteiger partial charge in [-0.1, -0.05) is 42.0 Å². The van der Waals surface area contributed by atoms with Gasteiger partial charge in [0, 0.05) is 36.7 Å². The fourth-order valence-corrected chi connectivity index (χ4v) is 3.83. The van der Waals surface area contributed by atoms with Gasteiger partial charge in [0.05, 0.1) is 12.6 Å². The van der Waals surface area contributed by atoms with Crippen molar-refractivity contribution in [1.29, 1.82) is 0 Å². The van der Waals surface area contributed by atoms with Crippen LogP contribution in [-0.2, 0) is 22.6 Å². The number of nitrogens with zero attached hydrogens (tertiary/aromatic N) is 2. The lowest BCUT2D eigenvalue weighted by molar-refractivity contribution is -0.274. The molecule has 9 heteroatoms. The predicted octanol–water partition coefficient (Wildman–Crippen LogP) is 5.00. The van der Waals surface area contributed by atoms with Crippen LogP contribution < -0.4 is 10.1 Å². The van der Waals surface area contributed by atoms with Crippen LogP contribution in [0.4, 0.5) is 18.9 Å². The molecule has 1 unspecified atom stereocenters. The van der Waals surface area contributed by atoms with Gasteiger partial charge < -0.3 is 19.7 Å². The van der Waals surface area contributed by atoms with Gasteiger partial charge in [-0.25, -0.2) is 0 Å². The van der Waals surface area contributed by atoms with Gasteiger partial charge in [0.25, 0.3) is 0 Å². The number of morpholine rings is 1. The molecule has 0 saturated carbocycles. The Hall–Kier alpha value is -3.59. The first kappa shape index (κ1) is 23.6. The largest absolute Gasteiger partial charge is 0.573 e. The molecule has 178 valence electrons. The first-order valence-corrected chi connectivity index (χ1v) is 10.7. The van der Waals surface area contributed by atoms with Crippen LogP contribution in [0.2, 0.25) is 0 Å². The van der Waals surface area contributed by atoms with E-state index in [-0.39, 0.29) is 30.9 Å². The maximum atomic E-state index is 12.7. The van der Waals surface area contributed by atoms with E-state index in [9.17, 15) is 18.0 Å². The molecule has 1 amide bonds. The van der Waals surface area contributed by atoms with Gasteiger partial charge in [0.1, 0.15) is 12.4 Å². The summed E-state index contributed by atoms with van der Waals surface area (Å²) in [6, 6.07) is 15.2. The fourth-order valence-electron chi connectivity index (χ4n) is 3.83. The van der Waals surface area contributed by atoms with Crippen LogP contribution in [0.25, 0.3) is 0 Å². The SMILES string of the molecule is Cc1ccc(CN2C(=O)COCC2c2cnccc2NCc2cccc(OC(F)(F)F)c2)cc1. The highest BCUT2D eigenvalue weighted by atomic mass is 19.4. The van der Waals surface area contributed by atoms with Crippen LogP contribution in [0, 0.1) is 6.92 Å². The Morgan fingerprint density at radius 1 is 1.15 bits per heavy atom. The molecule has 0 bridgehead atoms. The highest BCUT2D eigenvalue weighted by Crippen LogP contribution is 2.32. The average molecular weight is 471 g/mol. The smallest absolute Gasteiger partial charge is 0.406 e. The summed E-state index contributed by atoms with van der Waals surface area (Å²) in [6.45, 7) is 3.01. The number of rotatable bonds is 7. The third-order valence-electron chi connectivity index (χ3n) is 5.50. The minimum Gasteiger partial charge on any atom is -0.406 e. The molecule has 1 saturated heterocycles. The highest BCUT2D eigenvalue weighted by molar-refractivity contribution is 5.79. The van der Waals surface area contributed by atoms with Crippen LogP contribution in [0.1, 0.15) is 28.3 Å². The first-order valence-electron chi connectivity index (χ1n) is 10.7. The van der Waals surface area contributed by atoms with Gasteiger partial charge in [-0.3, -0.25) is 9.78 Å². The van der Waals surface area contributed by atoms with Crippen molar-refractivity contribution in [2.45, 2.75) is 32.4 Å². The highest BCUT2D eigenvalue weighted by Gasteiger charge is 2.32. The molecule has 1 aliphatic rings. The second-order valence-corrected chi connectivity index (χ2v) is 8.05. The van der Waals surface area contributed by atoms with E-state index in [0.29, 0.717) is 24.4 Å². The Morgan fingerprint density at radius 2 is 1.94 bits per heavy atom. The van der Waals surface area contributed by atoms with Gasteiger partial charge >= 0.3 is 6.36 Å². The zero-order chi connectivity index (χ0) is 24.1. The van der Waals surface area contributed by atoms with E-state index >= 15 is 0 Å². The van der Waals surface area contributed by atoms with Crippen molar-refractivity contribution < 1.29 is 27.4 Å². The van der Waals surface area contributed by atoms with Gasteiger partial charge in [0.2, 0.25) is 5.91 Å². The molecule has 4 rings (SSSR count). The maximum absolute atomic E-state index is 12.7. The third-order valence-corrected chi connectivity index (χ3v) is 5.50. The molecule has 0 spiro atoms. The van der Waals surface area contributed by atoms with E-state index in [0.717, 1.165) is 16.7 Å². The number of halogens is 3. The molecule has 1 atom stereocenters. The normalized spacial score (nSPS) is 16.4. The van der Waals surface area contributed by atoms with Crippen molar-refractivity contribution in [3.63, 3.8) is 0 Å². The number of amides is 1. The van der Waals surface area contributed by atoms with E-state index in [2.05, 4.69) is 15.0 Å². The number of pyridine rings is 1. The fraction of sp³-hybridized carbons (Fsp3) is 0.280. The summed E-state index contributed by atoms with van der Waals surface area (Å²) in [4.78, 5) is 18.7. The second kappa shape index (κ2) is 10.1. The van der Waals surface area contributed by atoms with Gasteiger partial charge in [-0.2, -0.15) is 0 Å². The average Bonchev–Trinajstić information content (AvgIpc) is 2.80. The van der Waals surface area contributed by atoms with E-state index in [1.807, 2.05) is 31.2 Å². The lowest BCUT2D eigenvalue weighted by atomic mass is 10.0. The summed E-state index contributed by atoms with van der Waals surface area (Å²) in [5.74, 6) is -0.402. The zero-order valence-corrected chi connectivity index (χ0v) is 18.5. The summed E-state index contributed by atoms with van der Waals surface area (Å²) in [5, 5.41) is 3.25. The summed E-state index contributed by atoms with van der Waals surface area (Å²) >= 11 is 0. The molecule has 3 aromatic rings. The summed E-state index contributed by atoms with van der Waals surface area (Å²) in [6.07, 6.45) is -1.45. The Balaban J connectivity index is 1.53. The Bertz CT molecular complexity index is 1140. The standard InChI is InChI=1S/C25H24F3N3O3/c1-17-5-7-18(8-6-17)14-31-23(15-33-16-24(31)32)21-13-29-10-9-22(21)30-12-19-3-2-4-20(11-19)34-25(26,27)28/h2-11,13,23H,12,14-16H2,1H3,(H,29,30). The molecule has 2 heterocycles. The zero-order valence-electron chi connectivity index (χ0n) is 18.5. The van der Waals surface area contributed by atoms with Crippen molar-refractivity contribution in [3.05, 3.63) is 89.2 Å². The number of anilines is 1. The number of carbonyl (C=O) groups is 1. The van der Waals surface area contributed by atoms with E-state index in [1.165, 1.54) is 18.2 Å². The van der Waals surface area contributed by atoms with Gasteiger partial charge in [0.15, 0.2) is 0 Å². The molecule has 1 N–H and O–H groups in total. The summed E-state index contributed by atoms with van der Waals surface area (Å²) < 4.78 is 47.2. The minimum absolute atomic E-state index is 0.0113. The summed E-state index contributed by atoms with van der Waals surface area (Å²) in [5.41, 5.74) is 4.24. The molecule has 1 aromatic heterocycles. The monoisotopic (exact) mass is 471 g/mol. The second-order valence-electron chi connectivity index (χ2n) is 8.05. The van der Waals surface area contributed by atoms with E-state index in [1.54, 1.807) is 29.4 Å². The van der Waals surface area contributed by atoms with Crippen molar-refractivity contribution in [2.75, 3.05) is 18.5 Å². The number of benzene rings is 2. The molecule has 1 aliphatic heterocycles. The Labute approximate surface area is 195 Å². The Kier molecular flexibility index (Phi) is 7.02. The first-order chi connectivity index (χ1) is 16.3. The Morgan fingerprint density at radius 3 is 2.71 bits per heavy atom. The van der Waals surface area contributed by atoms with Crippen LogP contribution >= 0.6 is 0 Å². The molecule has 0 radical (unpaired) electrons. The van der Waals surface area contributed by atoms with Crippen molar-refractivity contribution in [1.82, 2.24) is 9.88 Å². The van der Waals surface area contributed by atoms with E-state index < -0.39 is 6.36 Å². The number of nitrogens with one attached hydrogen (secondary N) is 1. The molecule has 1 fully saturated rings. The van der Waals surface area contributed by atoms with Crippen molar-refractivity contribution >= 4 is 11.6 Å². The van der Waals surface area contributed by atoms with Crippen LogP contribution in [0.3, 0.4) is 0 Å².